The van der Waals surface area contributed by atoms with Gasteiger partial charge in [-0.2, -0.15) is 0 Å². The first-order chi connectivity index (χ1) is 7.98. The number of nitrogens with zero attached hydrogens (tertiary/aromatic N) is 2. The van der Waals surface area contributed by atoms with E-state index in [4.69, 9.17) is 0 Å². The zero-order chi connectivity index (χ0) is 14.1. The molecule has 0 aromatic rings. The third-order valence-corrected chi connectivity index (χ3v) is 4.76. The Balaban J connectivity index is 2.66. The zero-order valence-electron chi connectivity index (χ0n) is 11.3. The van der Waals surface area contributed by atoms with Gasteiger partial charge in [-0.3, -0.25) is 9.59 Å². The molecule has 104 valence electrons. The fourth-order valence-electron chi connectivity index (χ4n) is 1.90. The maximum absolute atomic E-state index is 13.6. The zero-order valence-corrected chi connectivity index (χ0v) is 13.3. The van der Waals surface area contributed by atoms with E-state index in [2.05, 4.69) is 0 Å². The van der Waals surface area contributed by atoms with Crippen LogP contribution in [-0.2, 0) is 9.59 Å². The van der Waals surface area contributed by atoms with Crippen LogP contribution >= 0.6 is 0 Å². The quantitative estimate of drug-likeness (QED) is 0.575. The molecule has 0 aromatic heterocycles. The molecule has 4 nitrogen and oxygen atoms in total. The summed E-state index contributed by atoms with van der Waals surface area (Å²) in [7, 11) is -5.83. The fraction of sp³-hybridized carbons (Fsp3) is 0.800. The number of halogens is 2. The Morgan fingerprint density at radius 1 is 0.889 bits per heavy atom. The fourth-order valence-corrected chi connectivity index (χ4v) is 4.29. The maximum atomic E-state index is 13.6. The summed E-state index contributed by atoms with van der Waals surface area (Å²) in [6, 6.07) is 0. The highest BCUT2D eigenvalue weighted by molar-refractivity contribution is 6.71. The van der Waals surface area contributed by atoms with Crippen LogP contribution in [0.15, 0.2) is 0 Å². The summed E-state index contributed by atoms with van der Waals surface area (Å²) in [6.07, 6.45) is 0.0592. The molecule has 1 aliphatic rings. The molecule has 0 saturated carbocycles. The smallest absolute Gasteiger partial charge is 0.259 e. The van der Waals surface area contributed by atoms with Crippen LogP contribution in [0.5, 0.6) is 0 Å². The van der Waals surface area contributed by atoms with Crippen molar-refractivity contribution in [3.05, 3.63) is 0 Å². The van der Waals surface area contributed by atoms with Gasteiger partial charge in [-0.05, 0) is 26.2 Å². The molecule has 0 aliphatic carbocycles. The molecule has 1 rings (SSSR count). The molecule has 1 aliphatic heterocycles. The van der Waals surface area contributed by atoms with Crippen molar-refractivity contribution < 1.29 is 17.8 Å². The molecule has 0 N–H and O–H groups in total. The van der Waals surface area contributed by atoms with Gasteiger partial charge in [-0.1, -0.05) is 0 Å². The molecule has 1 fully saturated rings. The molecule has 8 heteroatoms. The highest BCUT2D eigenvalue weighted by Crippen LogP contribution is 2.14. The van der Waals surface area contributed by atoms with Gasteiger partial charge < -0.3 is 18.0 Å². The van der Waals surface area contributed by atoms with Crippen molar-refractivity contribution >= 4 is 28.6 Å². The monoisotopic (exact) mass is 294 g/mol. The van der Waals surface area contributed by atoms with Gasteiger partial charge in [0.05, 0.1) is 13.1 Å². The van der Waals surface area contributed by atoms with Crippen LogP contribution < -0.4 is 0 Å². The van der Waals surface area contributed by atoms with E-state index in [9.17, 15) is 17.8 Å². The average Bonchev–Trinajstić information content (AvgIpc) is 2.08. The number of piperazine rings is 1. The van der Waals surface area contributed by atoms with Crippen LogP contribution in [0.3, 0.4) is 0 Å². The predicted octanol–water partition coefficient (Wildman–Crippen LogP) is 1.08. The van der Waals surface area contributed by atoms with Gasteiger partial charge in [0.15, 0.2) is 0 Å². The Labute approximate surface area is 108 Å². The van der Waals surface area contributed by atoms with E-state index in [0.717, 1.165) is 0 Å². The van der Waals surface area contributed by atoms with Crippen molar-refractivity contribution in [2.24, 2.45) is 0 Å². The van der Waals surface area contributed by atoms with Gasteiger partial charge in [0.25, 0.3) is 16.8 Å². The first-order valence-corrected chi connectivity index (χ1v) is 12.1. The Morgan fingerprint density at radius 3 is 1.39 bits per heavy atom. The number of hydrogen-bond donors (Lipinski definition) is 0. The van der Waals surface area contributed by atoms with Gasteiger partial charge in [-0.25, -0.2) is 0 Å². The van der Waals surface area contributed by atoms with Gasteiger partial charge in [0, 0.05) is 12.3 Å². The first kappa shape index (κ1) is 15.3. The second-order valence-corrected chi connectivity index (χ2v) is 13.4. The summed E-state index contributed by atoms with van der Waals surface area (Å²) in [4.78, 5) is 26.1. The molecule has 0 bridgehead atoms. The van der Waals surface area contributed by atoms with Crippen LogP contribution in [0.2, 0.25) is 26.2 Å². The number of amides is 2. The summed E-state index contributed by atoms with van der Waals surface area (Å²) in [6.45, 7) is 5.74. The van der Waals surface area contributed by atoms with Crippen molar-refractivity contribution in [3.63, 3.8) is 0 Å². The van der Waals surface area contributed by atoms with Crippen LogP contribution in [-0.4, -0.2) is 63.9 Å². The van der Waals surface area contributed by atoms with Crippen molar-refractivity contribution in [3.8, 4) is 0 Å². The van der Waals surface area contributed by atoms with Crippen molar-refractivity contribution in [2.75, 3.05) is 25.4 Å². The Hall–Kier alpha value is -0.766. The molecule has 1 heterocycles. The number of hydrogen-bond acceptors (Lipinski definition) is 2. The van der Waals surface area contributed by atoms with Gasteiger partial charge in [0.2, 0.25) is 11.8 Å². The van der Waals surface area contributed by atoms with Gasteiger partial charge in [-0.15, -0.1) is 0 Å². The maximum Gasteiger partial charge on any atom is 0.259 e. The topological polar surface area (TPSA) is 40.6 Å². The molecule has 18 heavy (non-hydrogen) atoms. The SMILES string of the molecule is C[Si](C)(F)CN1CC(=O)N(C[Si](C)(C)F)CC1=O. The van der Waals surface area contributed by atoms with Gasteiger partial charge in [0.1, 0.15) is 0 Å². The molecule has 0 aromatic carbocycles. The first-order valence-electron chi connectivity index (χ1n) is 5.91. The summed E-state index contributed by atoms with van der Waals surface area (Å²) in [5.74, 6) is -0.572. The third-order valence-electron chi connectivity index (χ3n) is 2.49. The van der Waals surface area contributed by atoms with Crippen LogP contribution in [0.4, 0.5) is 8.22 Å². The largest absolute Gasteiger partial charge is 0.332 e. The summed E-state index contributed by atoms with van der Waals surface area (Å²) < 4.78 is 27.2. The lowest BCUT2D eigenvalue weighted by Gasteiger charge is -2.36. The summed E-state index contributed by atoms with van der Waals surface area (Å²) >= 11 is 0. The van der Waals surface area contributed by atoms with E-state index in [1.165, 1.54) is 36.0 Å². The van der Waals surface area contributed by atoms with E-state index in [1.807, 2.05) is 0 Å². The highest BCUT2D eigenvalue weighted by atomic mass is 28.4. The predicted molar refractivity (Wildman–Crippen MR) is 70.3 cm³/mol. The Morgan fingerprint density at radius 2 is 1.17 bits per heavy atom. The minimum Gasteiger partial charge on any atom is -0.332 e. The molecular weight excluding hydrogens is 274 g/mol. The molecule has 2 amide bonds. The lowest BCUT2D eigenvalue weighted by Crippen LogP contribution is -2.59. The van der Waals surface area contributed by atoms with E-state index < -0.39 is 16.8 Å². The minimum absolute atomic E-state index is 0.0296. The second-order valence-electron chi connectivity index (χ2n) is 5.94. The van der Waals surface area contributed by atoms with E-state index in [-0.39, 0.29) is 37.2 Å². The number of carbonyl (C=O) groups excluding carboxylic acids is 2. The Kier molecular flexibility index (Phi) is 4.32. The number of carbonyl (C=O) groups is 2. The van der Waals surface area contributed by atoms with Crippen molar-refractivity contribution in [1.29, 1.82) is 0 Å². The number of rotatable bonds is 4. The molecular formula is C10H20F2N2O2Si2. The summed E-state index contributed by atoms with van der Waals surface area (Å²) in [5.41, 5.74) is 0. The molecule has 0 radical (unpaired) electrons. The van der Waals surface area contributed by atoms with Gasteiger partial charge >= 0.3 is 0 Å². The van der Waals surface area contributed by atoms with Crippen LogP contribution in [0.25, 0.3) is 0 Å². The third kappa shape index (κ3) is 4.85. The minimum atomic E-state index is -2.92. The van der Waals surface area contributed by atoms with Crippen LogP contribution in [0, 0.1) is 0 Å². The molecule has 0 atom stereocenters. The highest BCUT2D eigenvalue weighted by Gasteiger charge is 2.37. The second kappa shape index (κ2) is 5.08. The molecule has 1 saturated heterocycles. The van der Waals surface area contributed by atoms with Crippen molar-refractivity contribution in [1.82, 2.24) is 9.80 Å². The van der Waals surface area contributed by atoms with E-state index >= 15 is 0 Å². The van der Waals surface area contributed by atoms with Crippen molar-refractivity contribution in [2.45, 2.75) is 26.2 Å². The van der Waals surface area contributed by atoms with E-state index in [0.29, 0.717) is 0 Å². The lowest BCUT2D eigenvalue weighted by molar-refractivity contribution is -0.148. The molecule has 0 spiro atoms. The normalized spacial score (nSPS) is 18.6. The summed E-state index contributed by atoms with van der Waals surface area (Å²) in [5, 5.41) is 0. The van der Waals surface area contributed by atoms with E-state index in [1.54, 1.807) is 0 Å². The average molecular weight is 294 g/mol. The Bertz CT molecular complexity index is 319. The standard InChI is InChI=1S/C10H20F2N2O2Si2/c1-17(2,11)7-13-5-10(16)14(6-9(13)15)8-18(3,4)12/h5-8H2,1-4H3. The van der Waals surface area contributed by atoms with Crippen LogP contribution in [0.1, 0.15) is 0 Å². The lowest BCUT2D eigenvalue weighted by atomic mass is 10.3. The molecule has 0 unspecified atom stereocenters.